The van der Waals surface area contributed by atoms with Crippen LogP contribution in [0.5, 0.6) is 0 Å². The van der Waals surface area contributed by atoms with Gasteiger partial charge in [0, 0.05) is 50.7 Å². The zero-order valence-corrected chi connectivity index (χ0v) is 17.8. The first kappa shape index (κ1) is 20.6. The summed E-state index contributed by atoms with van der Waals surface area (Å²) in [5.41, 5.74) is 4.63. The fraction of sp³-hybridized carbons (Fsp3) is 0.391. The van der Waals surface area contributed by atoms with Crippen LogP contribution in [0.25, 0.3) is 22.3 Å². The summed E-state index contributed by atoms with van der Waals surface area (Å²) in [6, 6.07) is 10.2. The van der Waals surface area contributed by atoms with Crippen molar-refractivity contribution in [2.24, 2.45) is 0 Å². The maximum absolute atomic E-state index is 9.79. The van der Waals surface area contributed by atoms with Crippen molar-refractivity contribution < 1.29 is 9.47 Å². The number of nitrogens with one attached hydrogen (secondary N) is 2. The average Bonchev–Trinajstić information content (AvgIpc) is 2.88. The minimum atomic E-state index is 0.0684. The molecule has 0 amide bonds. The molecular formula is C23H25N7O2. The zero-order valence-electron chi connectivity index (χ0n) is 17.8. The van der Waals surface area contributed by atoms with E-state index in [-0.39, 0.29) is 6.10 Å². The summed E-state index contributed by atoms with van der Waals surface area (Å²) in [4.78, 5) is 16.0. The first-order valence-electron chi connectivity index (χ1n) is 10.9. The summed E-state index contributed by atoms with van der Waals surface area (Å²) in [7, 11) is 0. The molecule has 0 radical (unpaired) electrons. The number of nitriles is 1. The maximum atomic E-state index is 9.79. The van der Waals surface area contributed by atoms with Crippen molar-refractivity contribution in [3.63, 3.8) is 0 Å². The number of pyridine rings is 1. The second-order valence-electron chi connectivity index (χ2n) is 7.80. The molecule has 0 spiro atoms. The highest BCUT2D eigenvalue weighted by Crippen LogP contribution is 2.30. The number of ether oxygens (including phenoxy) is 2. The Bertz CT molecular complexity index is 1130. The van der Waals surface area contributed by atoms with E-state index in [0.717, 1.165) is 48.6 Å². The first-order valence-corrected chi connectivity index (χ1v) is 10.9. The van der Waals surface area contributed by atoms with Gasteiger partial charge in [-0.15, -0.1) is 0 Å². The van der Waals surface area contributed by atoms with Crippen LogP contribution in [-0.4, -0.2) is 73.6 Å². The van der Waals surface area contributed by atoms with Crippen LogP contribution < -0.4 is 15.5 Å². The van der Waals surface area contributed by atoms with E-state index in [0.29, 0.717) is 43.3 Å². The molecule has 0 saturated carbocycles. The van der Waals surface area contributed by atoms with E-state index < -0.39 is 0 Å². The van der Waals surface area contributed by atoms with Crippen molar-refractivity contribution in [2.45, 2.75) is 6.10 Å². The highest BCUT2D eigenvalue weighted by atomic mass is 16.5. The molecule has 2 fully saturated rings. The lowest BCUT2D eigenvalue weighted by molar-refractivity contribution is 0.0372. The third-order valence-corrected chi connectivity index (χ3v) is 5.72. The van der Waals surface area contributed by atoms with E-state index in [1.54, 1.807) is 12.4 Å². The number of hydrogen-bond donors (Lipinski definition) is 2. The Balaban J connectivity index is 1.47. The van der Waals surface area contributed by atoms with Crippen LogP contribution in [0.15, 0.2) is 36.7 Å². The van der Waals surface area contributed by atoms with Gasteiger partial charge in [0.1, 0.15) is 11.6 Å². The van der Waals surface area contributed by atoms with Gasteiger partial charge in [-0.25, -0.2) is 9.97 Å². The molecule has 2 aliphatic heterocycles. The summed E-state index contributed by atoms with van der Waals surface area (Å²) in [6.07, 6.45) is 3.41. The second-order valence-corrected chi connectivity index (χ2v) is 7.80. The molecule has 5 rings (SSSR count). The van der Waals surface area contributed by atoms with E-state index in [4.69, 9.17) is 14.5 Å². The molecule has 2 aliphatic rings. The number of aromatic nitrogens is 3. The number of fused-ring (bicyclic) bond motifs is 1. The SMILES string of the molecule is N#Cc1cc(-c2cc3nccnc3c(NC[C@@H]3CNCCO3)n2)ccc1N1CCOCC1. The molecular weight excluding hydrogens is 406 g/mol. The number of rotatable bonds is 5. The van der Waals surface area contributed by atoms with Gasteiger partial charge in [-0.3, -0.25) is 4.98 Å². The van der Waals surface area contributed by atoms with E-state index in [9.17, 15) is 5.26 Å². The lowest BCUT2D eigenvalue weighted by atomic mass is 10.0. The molecule has 1 aromatic carbocycles. The number of anilines is 2. The Morgan fingerprint density at radius 1 is 1.16 bits per heavy atom. The summed E-state index contributed by atoms with van der Waals surface area (Å²) in [5, 5.41) is 16.5. The number of hydrogen-bond acceptors (Lipinski definition) is 9. The summed E-state index contributed by atoms with van der Waals surface area (Å²) in [6.45, 7) is 5.90. The van der Waals surface area contributed by atoms with E-state index >= 15 is 0 Å². The highest BCUT2D eigenvalue weighted by Gasteiger charge is 2.18. The predicted octanol–water partition coefficient (Wildman–Crippen LogP) is 1.80. The summed E-state index contributed by atoms with van der Waals surface area (Å²) in [5.74, 6) is 0.663. The van der Waals surface area contributed by atoms with Gasteiger partial charge in [-0.1, -0.05) is 6.07 Å². The van der Waals surface area contributed by atoms with Crippen molar-refractivity contribution in [2.75, 3.05) is 62.8 Å². The first-order chi connectivity index (χ1) is 15.8. The monoisotopic (exact) mass is 431 g/mol. The molecule has 3 aromatic rings. The molecule has 2 N–H and O–H groups in total. The Kier molecular flexibility index (Phi) is 6.07. The lowest BCUT2D eigenvalue weighted by Gasteiger charge is -2.29. The Morgan fingerprint density at radius 3 is 2.84 bits per heavy atom. The molecule has 9 nitrogen and oxygen atoms in total. The molecule has 32 heavy (non-hydrogen) atoms. The second kappa shape index (κ2) is 9.44. The quantitative estimate of drug-likeness (QED) is 0.625. The van der Waals surface area contributed by atoms with Crippen molar-refractivity contribution in [3.8, 4) is 17.3 Å². The third kappa shape index (κ3) is 4.34. The van der Waals surface area contributed by atoms with Crippen LogP contribution in [0.2, 0.25) is 0 Å². The van der Waals surface area contributed by atoms with E-state index in [2.05, 4.69) is 31.6 Å². The molecule has 9 heteroatoms. The number of benzene rings is 1. The molecule has 1 atom stereocenters. The molecule has 0 aliphatic carbocycles. The zero-order chi connectivity index (χ0) is 21.8. The van der Waals surface area contributed by atoms with Gasteiger partial charge in [0.25, 0.3) is 0 Å². The molecule has 2 saturated heterocycles. The maximum Gasteiger partial charge on any atom is 0.154 e. The fourth-order valence-electron chi connectivity index (χ4n) is 4.07. The van der Waals surface area contributed by atoms with Gasteiger partial charge in [-0.2, -0.15) is 5.26 Å². The van der Waals surface area contributed by atoms with Crippen LogP contribution in [-0.2, 0) is 9.47 Å². The van der Waals surface area contributed by atoms with Crippen LogP contribution in [0.4, 0.5) is 11.5 Å². The van der Waals surface area contributed by atoms with Gasteiger partial charge in [-0.05, 0) is 18.2 Å². The summed E-state index contributed by atoms with van der Waals surface area (Å²) >= 11 is 0. The topological polar surface area (TPSA) is 108 Å². The van der Waals surface area contributed by atoms with Crippen molar-refractivity contribution >= 4 is 22.5 Å². The van der Waals surface area contributed by atoms with Gasteiger partial charge in [0.2, 0.25) is 0 Å². The van der Waals surface area contributed by atoms with Crippen molar-refractivity contribution in [1.82, 2.24) is 20.3 Å². The van der Waals surface area contributed by atoms with Gasteiger partial charge >= 0.3 is 0 Å². The minimum absolute atomic E-state index is 0.0684. The summed E-state index contributed by atoms with van der Waals surface area (Å²) < 4.78 is 11.2. The largest absolute Gasteiger partial charge is 0.378 e. The number of nitrogens with zero attached hydrogens (tertiary/aromatic N) is 5. The Morgan fingerprint density at radius 2 is 2.03 bits per heavy atom. The van der Waals surface area contributed by atoms with Crippen molar-refractivity contribution in [3.05, 3.63) is 42.2 Å². The minimum Gasteiger partial charge on any atom is -0.378 e. The molecule has 2 aromatic heterocycles. The van der Waals surface area contributed by atoms with Gasteiger partial charge < -0.3 is 25.0 Å². The van der Waals surface area contributed by atoms with Gasteiger partial charge in [0.05, 0.1) is 48.4 Å². The van der Waals surface area contributed by atoms with Crippen LogP contribution >= 0.6 is 0 Å². The van der Waals surface area contributed by atoms with E-state index in [1.165, 1.54) is 0 Å². The lowest BCUT2D eigenvalue weighted by Crippen LogP contribution is -2.42. The Labute approximate surface area is 186 Å². The van der Waals surface area contributed by atoms with Crippen LogP contribution in [0.1, 0.15) is 5.56 Å². The number of morpholine rings is 2. The van der Waals surface area contributed by atoms with Crippen LogP contribution in [0, 0.1) is 11.3 Å². The van der Waals surface area contributed by atoms with Crippen LogP contribution in [0.3, 0.4) is 0 Å². The predicted molar refractivity (Wildman–Crippen MR) is 122 cm³/mol. The highest BCUT2D eigenvalue weighted by molar-refractivity contribution is 5.89. The average molecular weight is 432 g/mol. The standard InChI is InChI=1S/C23H25N7O2/c24-13-17-11-16(1-2-21(17)30-6-9-31-10-7-30)19-12-20-22(27-4-3-26-20)23(29-19)28-15-18-14-25-5-8-32-18/h1-4,11-12,18,25H,5-10,14-15H2,(H,28,29)/t18-/m0/s1. The van der Waals surface area contributed by atoms with Gasteiger partial charge in [0.15, 0.2) is 5.82 Å². The normalized spacial score (nSPS) is 19.0. The smallest absolute Gasteiger partial charge is 0.154 e. The molecule has 4 heterocycles. The molecule has 164 valence electrons. The third-order valence-electron chi connectivity index (χ3n) is 5.72. The Hall–Kier alpha value is -3.32. The van der Waals surface area contributed by atoms with E-state index in [1.807, 2.05) is 24.3 Å². The molecule has 0 unspecified atom stereocenters. The fourth-order valence-corrected chi connectivity index (χ4v) is 4.07. The molecule has 0 bridgehead atoms. The van der Waals surface area contributed by atoms with Crippen molar-refractivity contribution in [1.29, 1.82) is 5.26 Å².